The number of hydrogen-bond donors (Lipinski definition) is 5. The van der Waals surface area contributed by atoms with Crippen LogP contribution in [0.3, 0.4) is 0 Å². The molecule has 11 heteroatoms. The molecule has 2 aromatic rings. The van der Waals surface area contributed by atoms with Gasteiger partial charge in [-0.05, 0) is 18.2 Å². The van der Waals surface area contributed by atoms with Gasteiger partial charge in [0.05, 0.1) is 14.2 Å². The first-order chi connectivity index (χ1) is 14.6. The number of carbonyl (C=O) groups is 1. The number of ether oxygens (including phenoxy) is 3. The molecule has 5 unspecified atom stereocenters. The molecule has 11 nitrogen and oxygen atoms in total. The van der Waals surface area contributed by atoms with E-state index in [9.17, 15) is 24.9 Å². The zero-order valence-electron chi connectivity index (χ0n) is 16.7. The van der Waals surface area contributed by atoms with Gasteiger partial charge in [-0.15, -0.1) is 0 Å². The van der Waals surface area contributed by atoms with Gasteiger partial charge in [0.15, 0.2) is 11.3 Å². The van der Waals surface area contributed by atoms with Crippen molar-refractivity contribution in [2.24, 2.45) is 5.73 Å². The molecule has 4 rings (SSSR count). The smallest absolute Gasteiger partial charge is 0.360 e. The highest BCUT2D eigenvalue weighted by Crippen LogP contribution is 2.42. The van der Waals surface area contributed by atoms with E-state index in [1.165, 1.54) is 32.4 Å². The Labute approximate surface area is 175 Å². The summed E-state index contributed by atoms with van der Waals surface area (Å²) in [5.41, 5.74) is 1.05. The Hall–Kier alpha value is -2.96. The lowest BCUT2D eigenvalue weighted by Gasteiger charge is -2.36. The van der Waals surface area contributed by atoms with E-state index in [0.29, 0.717) is 11.1 Å². The third-order valence-electron chi connectivity index (χ3n) is 5.57. The van der Waals surface area contributed by atoms with Crippen molar-refractivity contribution in [2.45, 2.75) is 36.1 Å². The number of nitrogens with one attached hydrogen (secondary N) is 1. The second-order valence-corrected chi connectivity index (χ2v) is 7.54. The minimum atomic E-state index is -2.08. The molecular formula is C20H22N2O9. The van der Waals surface area contributed by atoms with Crippen LogP contribution in [0, 0.1) is 0 Å². The van der Waals surface area contributed by atoms with Gasteiger partial charge in [0, 0.05) is 11.8 Å². The number of aliphatic hydroxyl groups is 3. The number of fused-ring (bicyclic) bond motifs is 2. The second kappa shape index (κ2) is 7.32. The molecule has 0 saturated carbocycles. The van der Waals surface area contributed by atoms with Gasteiger partial charge in [-0.3, -0.25) is 10.5 Å². The molecule has 1 fully saturated rings. The van der Waals surface area contributed by atoms with E-state index < -0.39 is 47.6 Å². The fourth-order valence-electron chi connectivity index (χ4n) is 3.93. The summed E-state index contributed by atoms with van der Waals surface area (Å²) in [6.45, 7) is 0. The molecule has 31 heavy (non-hydrogen) atoms. The van der Waals surface area contributed by atoms with E-state index in [1.807, 2.05) is 0 Å². The Morgan fingerprint density at radius 3 is 2.68 bits per heavy atom. The van der Waals surface area contributed by atoms with Gasteiger partial charge in [0.25, 0.3) is 5.91 Å². The van der Waals surface area contributed by atoms with Crippen LogP contribution in [0.2, 0.25) is 0 Å². The molecule has 1 aromatic carbocycles. The Morgan fingerprint density at radius 2 is 2.00 bits per heavy atom. The van der Waals surface area contributed by atoms with E-state index in [2.05, 4.69) is 5.32 Å². The van der Waals surface area contributed by atoms with Crippen LogP contribution < -0.4 is 26.1 Å². The summed E-state index contributed by atoms with van der Waals surface area (Å²) in [6, 6.07) is 4.59. The fourth-order valence-corrected chi connectivity index (χ4v) is 3.93. The van der Waals surface area contributed by atoms with Gasteiger partial charge < -0.3 is 39.3 Å². The number of hydrogen-bond acceptors (Lipinski definition) is 10. The second-order valence-electron chi connectivity index (χ2n) is 7.54. The van der Waals surface area contributed by atoms with Gasteiger partial charge in [-0.1, -0.05) is 12.2 Å². The minimum absolute atomic E-state index is 0.131. The van der Waals surface area contributed by atoms with E-state index >= 15 is 0 Å². The SMILES string of the molecule is COc1ccc2cc(NC(=O)C3(N)CC4(O)C(C=CC(O)C4O)O3)c(=O)oc2c1OC. The predicted molar refractivity (Wildman–Crippen MR) is 107 cm³/mol. The van der Waals surface area contributed by atoms with Crippen LogP contribution in [-0.2, 0) is 9.53 Å². The molecular weight excluding hydrogens is 412 g/mol. The number of aliphatic hydroxyl groups excluding tert-OH is 2. The Bertz CT molecular complexity index is 1130. The van der Waals surface area contributed by atoms with Crippen LogP contribution in [0.15, 0.2) is 39.6 Å². The van der Waals surface area contributed by atoms with Crippen LogP contribution in [0.4, 0.5) is 5.69 Å². The molecule has 2 heterocycles. The first-order valence-corrected chi connectivity index (χ1v) is 9.37. The molecule has 2 aliphatic rings. The highest BCUT2D eigenvalue weighted by Gasteiger charge is 2.62. The third kappa shape index (κ3) is 3.27. The van der Waals surface area contributed by atoms with Crippen LogP contribution in [-0.4, -0.2) is 65.1 Å². The first kappa shape index (κ1) is 21.3. The zero-order chi connectivity index (χ0) is 22.6. The highest BCUT2D eigenvalue weighted by atomic mass is 16.6. The molecule has 0 bridgehead atoms. The van der Waals surface area contributed by atoms with E-state index in [1.54, 1.807) is 12.1 Å². The van der Waals surface area contributed by atoms with Crippen LogP contribution in [0.5, 0.6) is 11.5 Å². The molecule has 1 aliphatic carbocycles. The zero-order valence-corrected chi connectivity index (χ0v) is 16.7. The standard InChI is InChI=1S/C20H22N2O9/c1-28-12-5-3-9-7-10(17(25)30-14(9)15(12)29-2)22-18(26)20(21)8-19(27)13(31-20)6-4-11(23)16(19)24/h3-7,11,13,16,23-24,27H,8,21H2,1-2H3,(H,22,26). The molecule has 166 valence electrons. The van der Waals surface area contributed by atoms with Gasteiger partial charge in [-0.2, -0.15) is 0 Å². The Morgan fingerprint density at radius 1 is 1.26 bits per heavy atom. The van der Waals surface area contributed by atoms with Crippen LogP contribution >= 0.6 is 0 Å². The number of rotatable bonds is 4. The highest BCUT2D eigenvalue weighted by molar-refractivity contribution is 5.98. The summed E-state index contributed by atoms with van der Waals surface area (Å²) in [5.74, 6) is -0.354. The maximum absolute atomic E-state index is 12.9. The number of benzene rings is 1. The maximum Gasteiger partial charge on any atom is 0.360 e. The lowest BCUT2D eigenvalue weighted by molar-refractivity contribution is -0.146. The van der Waals surface area contributed by atoms with E-state index in [4.69, 9.17) is 24.4 Å². The molecule has 0 spiro atoms. The third-order valence-corrected chi connectivity index (χ3v) is 5.57. The molecule has 6 N–H and O–H groups in total. The van der Waals surface area contributed by atoms with Crippen molar-refractivity contribution in [3.8, 4) is 11.5 Å². The summed E-state index contributed by atoms with van der Waals surface area (Å²) in [6.07, 6.45) is -2.01. The van der Waals surface area contributed by atoms with Crippen molar-refractivity contribution in [3.63, 3.8) is 0 Å². The molecule has 0 radical (unpaired) electrons. The lowest BCUT2D eigenvalue weighted by Crippen LogP contribution is -2.57. The topological polar surface area (TPSA) is 174 Å². The van der Waals surface area contributed by atoms with Crippen molar-refractivity contribution in [3.05, 3.63) is 40.8 Å². The molecule has 1 saturated heterocycles. The van der Waals surface area contributed by atoms with Gasteiger partial charge >= 0.3 is 5.63 Å². The minimum Gasteiger partial charge on any atom is -0.493 e. The summed E-state index contributed by atoms with van der Waals surface area (Å²) < 4.78 is 21.2. The number of nitrogens with two attached hydrogens (primary N) is 1. The van der Waals surface area contributed by atoms with Crippen molar-refractivity contribution in [1.29, 1.82) is 0 Å². The monoisotopic (exact) mass is 434 g/mol. The largest absolute Gasteiger partial charge is 0.493 e. The fraction of sp³-hybridized carbons (Fsp3) is 0.400. The van der Waals surface area contributed by atoms with Crippen molar-refractivity contribution < 1.29 is 38.7 Å². The van der Waals surface area contributed by atoms with Crippen molar-refractivity contribution in [2.75, 3.05) is 19.5 Å². The van der Waals surface area contributed by atoms with Gasteiger partial charge in [-0.25, -0.2) is 4.79 Å². The number of amides is 1. The normalized spacial score (nSPS) is 32.0. The van der Waals surface area contributed by atoms with E-state index in [-0.39, 0.29) is 17.0 Å². The molecule has 1 aromatic heterocycles. The average Bonchev–Trinajstić information content (AvgIpc) is 3.03. The van der Waals surface area contributed by atoms with Gasteiger partial charge in [0.2, 0.25) is 11.5 Å². The van der Waals surface area contributed by atoms with Crippen LogP contribution in [0.25, 0.3) is 11.0 Å². The van der Waals surface area contributed by atoms with Crippen LogP contribution in [0.1, 0.15) is 6.42 Å². The quantitative estimate of drug-likeness (QED) is 0.303. The first-order valence-electron chi connectivity index (χ1n) is 9.37. The number of carbonyl (C=O) groups excluding carboxylic acids is 1. The number of methoxy groups -OCH3 is 2. The van der Waals surface area contributed by atoms with Gasteiger partial charge in [0.1, 0.15) is 29.6 Å². The molecule has 5 atom stereocenters. The Balaban J connectivity index is 1.64. The average molecular weight is 434 g/mol. The van der Waals surface area contributed by atoms with E-state index in [0.717, 1.165) is 0 Å². The summed E-state index contributed by atoms with van der Waals surface area (Å²) in [7, 11) is 2.84. The maximum atomic E-state index is 12.9. The lowest BCUT2D eigenvalue weighted by atomic mass is 9.80. The van der Waals surface area contributed by atoms with Crippen molar-refractivity contribution >= 4 is 22.6 Å². The molecule has 1 amide bonds. The van der Waals surface area contributed by atoms with Crippen molar-refractivity contribution in [1.82, 2.24) is 0 Å². The Kier molecular flexibility index (Phi) is 5.03. The number of anilines is 1. The summed E-state index contributed by atoms with van der Waals surface area (Å²) in [5, 5.41) is 33.5. The summed E-state index contributed by atoms with van der Waals surface area (Å²) in [4.78, 5) is 25.3. The predicted octanol–water partition coefficient (Wildman–Crippen LogP) is -0.785. The summed E-state index contributed by atoms with van der Waals surface area (Å²) >= 11 is 0. The molecule has 1 aliphatic heterocycles.